The summed E-state index contributed by atoms with van der Waals surface area (Å²) in [6.07, 6.45) is 1.97. The maximum atomic E-state index is 11.9. The molecule has 1 saturated heterocycles. The lowest BCUT2D eigenvalue weighted by Gasteiger charge is -2.39. The molecule has 5 nitrogen and oxygen atoms in total. The molecule has 2 N–H and O–H groups in total. The molecular formula is C16H22N2O3. The zero-order valence-corrected chi connectivity index (χ0v) is 12.3. The van der Waals surface area contributed by atoms with Crippen LogP contribution in [-0.4, -0.2) is 41.1 Å². The van der Waals surface area contributed by atoms with Crippen LogP contribution in [0.1, 0.15) is 25.3 Å². The first-order valence-electron chi connectivity index (χ1n) is 7.35. The van der Waals surface area contributed by atoms with Gasteiger partial charge in [0.05, 0.1) is 6.42 Å². The largest absolute Gasteiger partial charge is 0.481 e. The van der Waals surface area contributed by atoms with Crippen molar-refractivity contribution >= 4 is 12.0 Å². The van der Waals surface area contributed by atoms with Gasteiger partial charge < -0.3 is 15.3 Å². The normalized spacial score (nSPS) is 16.1. The van der Waals surface area contributed by atoms with Crippen molar-refractivity contribution in [3.63, 3.8) is 0 Å². The molecule has 0 radical (unpaired) electrons. The molecule has 1 aliphatic heterocycles. The number of nitrogens with zero attached hydrogens (tertiary/aromatic N) is 1. The predicted octanol–water partition coefficient (Wildman–Crippen LogP) is 2.12. The quantitative estimate of drug-likeness (QED) is 0.843. The molecule has 1 aromatic rings. The number of carbonyl (C=O) groups excluding carboxylic acids is 1. The molecule has 1 fully saturated rings. The minimum Gasteiger partial charge on any atom is -0.481 e. The molecule has 2 rings (SSSR count). The number of benzene rings is 1. The number of rotatable bonds is 6. The Labute approximate surface area is 125 Å². The molecule has 0 bridgehead atoms. The summed E-state index contributed by atoms with van der Waals surface area (Å²) in [6.45, 7) is 3.09. The van der Waals surface area contributed by atoms with Crippen molar-refractivity contribution in [2.45, 2.75) is 32.2 Å². The number of likely N-dealkylation sites (tertiary alicyclic amines) is 1. The predicted molar refractivity (Wildman–Crippen MR) is 80.1 cm³/mol. The summed E-state index contributed by atoms with van der Waals surface area (Å²) < 4.78 is 0. The van der Waals surface area contributed by atoms with Crippen LogP contribution in [0.5, 0.6) is 0 Å². The second kappa shape index (κ2) is 7.11. The summed E-state index contributed by atoms with van der Waals surface area (Å²) in [5.41, 5.74) is 1.27. The van der Waals surface area contributed by atoms with Gasteiger partial charge in [0.1, 0.15) is 0 Å². The first kappa shape index (κ1) is 15.4. The van der Waals surface area contributed by atoms with Crippen LogP contribution in [0.4, 0.5) is 4.79 Å². The van der Waals surface area contributed by atoms with Crippen molar-refractivity contribution in [1.29, 1.82) is 0 Å². The summed E-state index contributed by atoms with van der Waals surface area (Å²) >= 11 is 0. The van der Waals surface area contributed by atoms with Gasteiger partial charge in [0.25, 0.3) is 0 Å². The summed E-state index contributed by atoms with van der Waals surface area (Å²) in [4.78, 5) is 24.2. The summed E-state index contributed by atoms with van der Waals surface area (Å²) in [5.74, 6) is -0.691. The molecule has 114 valence electrons. The van der Waals surface area contributed by atoms with E-state index in [2.05, 4.69) is 17.4 Å². The van der Waals surface area contributed by atoms with E-state index < -0.39 is 5.97 Å². The van der Waals surface area contributed by atoms with Crippen LogP contribution in [0.2, 0.25) is 0 Å². The molecule has 1 heterocycles. The van der Waals surface area contributed by atoms with E-state index in [4.69, 9.17) is 5.11 Å². The highest BCUT2D eigenvalue weighted by Crippen LogP contribution is 2.19. The van der Waals surface area contributed by atoms with E-state index in [1.807, 2.05) is 25.1 Å². The molecule has 1 unspecified atom stereocenters. The van der Waals surface area contributed by atoms with Gasteiger partial charge in [0, 0.05) is 25.0 Å². The van der Waals surface area contributed by atoms with Crippen molar-refractivity contribution in [3.8, 4) is 0 Å². The number of urea groups is 1. The zero-order valence-electron chi connectivity index (χ0n) is 12.3. The summed E-state index contributed by atoms with van der Waals surface area (Å²) in [7, 11) is 0. The number of hydrogen-bond acceptors (Lipinski definition) is 2. The molecule has 1 aromatic carbocycles. The highest BCUT2D eigenvalue weighted by atomic mass is 16.4. The molecule has 5 heteroatoms. The summed E-state index contributed by atoms with van der Waals surface area (Å²) in [5, 5.41) is 11.6. The maximum absolute atomic E-state index is 11.9. The Kier molecular flexibility index (Phi) is 5.20. The Bertz CT molecular complexity index is 484. The standard InChI is InChI=1S/C16H22N2O3/c1-12(7-8-13-5-3-2-4-6-13)17-16(21)18-10-14(11-18)9-15(19)20/h2-6,12,14H,7-11H2,1H3,(H,17,21)(H,19,20). The molecule has 0 aromatic heterocycles. The van der Waals surface area contributed by atoms with Gasteiger partial charge in [0.15, 0.2) is 0 Å². The fourth-order valence-corrected chi connectivity index (χ4v) is 2.51. The molecule has 1 atom stereocenters. The first-order valence-corrected chi connectivity index (χ1v) is 7.35. The van der Waals surface area contributed by atoms with Crippen LogP contribution >= 0.6 is 0 Å². The van der Waals surface area contributed by atoms with E-state index in [1.165, 1.54) is 5.56 Å². The third kappa shape index (κ3) is 4.77. The van der Waals surface area contributed by atoms with Gasteiger partial charge in [-0.2, -0.15) is 0 Å². The zero-order chi connectivity index (χ0) is 15.2. The Balaban J connectivity index is 1.65. The molecule has 0 spiro atoms. The topological polar surface area (TPSA) is 69.6 Å². The maximum Gasteiger partial charge on any atom is 0.317 e. The number of carboxylic acid groups (broad SMARTS) is 1. The summed E-state index contributed by atoms with van der Waals surface area (Å²) in [6, 6.07) is 10.2. The Morgan fingerprint density at radius 2 is 2.00 bits per heavy atom. The Morgan fingerprint density at radius 1 is 1.33 bits per heavy atom. The monoisotopic (exact) mass is 290 g/mol. The number of carboxylic acids is 1. The molecule has 0 aliphatic carbocycles. The first-order chi connectivity index (χ1) is 10.0. The SMILES string of the molecule is CC(CCc1ccccc1)NC(=O)N1CC(CC(=O)O)C1. The minimum absolute atomic E-state index is 0.0859. The van der Waals surface area contributed by atoms with Gasteiger partial charge in [-0.1, -0.05) is 30.3 Å². The van der Waals surface area contributed by atoms with E-state index in [-0.39, 0.29) is 24.4 Å². The van der Waals surface area contributed by atoms with Crippen LogP contribution in [0.3, 0.4) is 0 Å². The second-order valence-electron chi connectivity index (χ2n) is 5.74. The highest BCUT2D eigenvalue weighted by molar-refractivity contribution is 5.76. The van der Waals surface area contributed by atoms with E-state index in [0.717, 1.165) is 12.8 Å². The van der Waals surface area contributed by atoms with Crippen molar-refractivity contribution in [3.05, 3.63) is 35.9 Å². The average Bonchev–Trinajstić information content (AvgIpc) is 2.41. The smallest absolute Gasteiger partial charge is 0.317 e. The number of amides is 2. The third-order valence-electron chi connectivity index (χ3n) is 3.79. The minimum atomic E-state index is -0.795. The number of aryl methyl sites for hydroxylation is 1. The van der Waals surface area contributed by atoms with Crippen LogP contribution in [0, 0.1) is 5.92 Å². The molecular weight excluding hydrogens is 268 g/mol. The van der Waals surface area contributed by atoms with Crippen molar-refractivity contribution in [1.82, 2.24) is 10.2 Å². The van der Waals surface area contributed by atoms with Gasteiger partial charge in [-0.15, -0.1) is 0 Å². The van der Waals surface area contributed by atoms with E-state index >= 15 is 0 Å². The number of carbonyl (C=O) groups is 2. The van der Waals surface area contributed by atoms with Crippen LogP contribution in [0.25, 0.3) is 0 Å². The number of nitrogens with one attached hydrogen (secondary N) is 1. The van der Waals surface area contributed by atoms with Gasteiger partial charge in [-0.3, -0.25) is 4.79 Å². The van der Waals surface area contributed by atoms with Crippen molar-refractivity contribution in [2.24, 2.45) is 5.92 Å². The fourth-order valence-electron chi connectivity index (χ4n) is 2.51. The molecule has 21 heavy (non-hydrogen) atoms. The Morgan fingerprint density at radius 3 is 2.62 bits per heavy atom. The number of aliphatic carboxylic acids is 1. The van der Waals surface area contributed by atoms with Crippen LogP contribution < -0.4 is 5.32 Å². The molecule has 0 saturated carbocycles. The van der Waals surface area contributed by atoms with Gasteiger partial charge in [-0.05, 0) is 25.3 Å². The number of hydrogen-bond donors (Lipinski definition) is 2. The van der Waals surface area contributed by atoms with Crippen LogP contribution in [-0.2, 0) is 11.2 Å². The highest BCUT2D eigenvalue weighted by Gasteiger charge is 2.32. The lowest BCUT2D eigenvalue weighted by molar-refractivity contribution is -0.139. The van der Waals surface area contributed by atoms with E-state index in [1.54, 1.807) is 4.90 Å². The second-order valence-corrected chi connectivity index (χ2v) is 5.74. The lowest BCUT2D eigenvalue weighted by atomic mass is 9.97. The van der Waals surface area contributed by atoms with Gasteiger partial charge in [0.2, 0.25) is 0 Å². The van der Waals surface area contributed by atoms with E-state index in [9.17, 15) is 9.59 Å². The molecule has 1 aliphatic rings. The average molecular weight is 290 g/mol. The van der Waals surface area contributed by atoms with E-state index in [0.29, 0.717) is 13.1 Å². The molecule has 2 amide bonds. The van der Waals surface area contributed by atoms with Gasteiger partial charge >= 0.3 is 12.0 Å². The van der Waals surface area contributed by atoms with Crippen LogP contribution in [0.15, 0.2) is 30.3 Å². The fraction of sp³-hybridized carbons (Fsp3) is 0.500. The van der Waals surface area contributed by atoms with Crippen molar-refractivity contribution < 1.29 is 14.7 Å². The van der Waals surface area contributed by atoms with Gasteiger partial charge in [-0.25, -0.2) is 4.79 Å². The lowest BCUT2D eigenvalue weighted by Crippen LogP contribution is -2.55. The van der Waals surface area contributed by atoms with Crippen molar-refractivity contribution in [2.75, 3.05) is 13.1 Å². The Hall–Kier alpha value is -2.04. The third-order valence-corrected chi connectivity index (χ3v) is 3.79.